The first kappa shape index (κ1) is 16.8. The summed E-state index contributed by atoms with van der Waals surface area (Å²) in [5.41, 5.74) is 4.14. The molecule has 5 heteroatoms. The van der Waals surface area contributed by atoms with Crippen LogP contribution in [0.4, 0.5) is 0 Å². The summed E-state index contributed by atoms with van der Waals surface area (Å²) >= 11 is 0. The van der Waals surface area contributed by atoms with E-state index in [0.717, 1.165) is 61.6 Å². The van der Waals surface area contributed by atoms with E-state index in [4.69, 9.17) is 4.74 Å². The van der Waals surface area contributed by atoms with E-state index < -0.39 is 0 Å². The summed E-state index contributed by atoms with van der Waals surface area (Å²) < 4.78 is 5.63. The summed E-state index contributed by atoms with van der Waals surface area (Å²) in [6.07, 6.45) is 2.05. The maximum Gasteiger partial charge on any atom is 0.253 e. The van der Waals surface area contributed by atoms with Gasteiger partial charge in [-0.3, -0.25) is 4.79 Å². The van der Waals surface area contributed by atoms with Crippen LogP contribution in [0.2, 0.25) is 0 Å². The number of carbonyl (C=O) groups is 1. The van der Waals surface area contributed by atoms with Crippen molar-refractivity contribution in [1.82, 2.24) is 14.9 Å². The number of amides is 1. The highest BCUT2D eigenvalue weighted by molar-refractivity contribution is 5.97. The van der Waals surface area contributed by atoms with Crippen molar-refractivity contribution in [2.24, 2.45) is 5.92 Å². The summed E-state index contributed by atoms with van der Waals surface area (Å²) in [5.74, 6) is 0.528. The molecule has 1 aliphatic rings. The minimum absolute atomic E-state index is 0.0786. The van der Waals surface area contributed by atoms with E-state index in [1.807, 2.05) is 36.9 Å². The number of nitrogens with zero attached hydrogens (tertiary/aromatic N) is 3. The Morgan fingerprint density at radius 1 is 1.25 bits per heavy atom. The molecule has 1 aromatic carbocycles. The molecule has 1 atom stereocenters. The normalized spacial score (nSPS) is 17.6. The highest BCUT2D eigenvalue weighted by atomic mass is 16.5. The van der Waals surface area contributed by atoms with Crippen LogP contribution in [0.1, 0.15) is 41.5 Å². The molecule has 0 saturated carbocycles. The van der Waals surface area contributed by atoms with Crippen molar-refractivity contribution in [3.8, 4) is 0 Å². The number of hydrogen-bond donors (Lipinski definition) is 0. The number of aryl methyl sites for hydroxylation is 2. The van der Waals surface area contributed by atoms with Crippen molar-refractivity contribution in [1.29, 1.82) is 0 Å². The van der Waals surface area contributed by atoms with Gasteiger partial charge in [0.25, 0.3) is 5.91 Å². The topological polar surface area (TPSA) is 55.3 Å². The Kier molecular flexibility index (Phi) is 5.09. The standard InChI is InChI=1S/C19H25N3O2/c1-4-9-24-12-15-7-8-22(11-15)19(23)16-5-6-17-18(10-16)21-14(3)13(2)20-17/h5-6,10,15H,4,7-9,11-12H2,1-3H3/t15-/m0/s1. The molecule has 3 rings (SSSR count). The number of benzene rings is 1. The molecule has 1 amide bonds. The van der Waals surface area contributed by atoms with E-state index in [1.54, 1.807) is 0 Å². The number of carbonyl (C=O) groups excluding carboxylic acids is 1. The van der Waals surface area contributed by atoms with Gasteiger partial charge in [-0.15, -0.1) is 0 Å². The monoisotopic (exact) mass is 327 g/mol. The lowest BCUT2D eigenvalue weighted by Gasteiger charge is -2.17. The third kappa shape index (κ3) is 3.56. The summed E-state index contributed by atoms with van der Waals surface area (Å²) in [6.45, 7) is 9.13. The van der Waals surface area contributed by atoms with Gasteiger partial charge in [-0.1, -0.05) is 6.92 Å². The van der Waals surface area contributed by atoms with E-state index in [2.05, 4.69) is 16.9 Å². The van der Waals surface area contributed by atoms with Crippen LogP contribution < -0.4 is 0 Å². The number of aromatic nitrogens is 2. The Morgan fingerprint density at radius 2 is 2.00 bits per heavy atom. The predicted molar refractivity (Wildman–Crippen MR) is 94.1 cm³/mol. The SMILES string of the molecule is CCCOC[C@H]1CCN(C(=O)c2ccc3nc(C)c(C)nc3c2)C1. The molecule has 0 aliphatic carbocycles. The number of rotatable bonds is 5. The van der Waals surface area contributed by atoms with Gasteiger partial charge < -0.3 is 9.64 Å². The van der Waals surface area contributed by atoms with Crippen LogP contribution in [0.15, 0.2) is 18.2 Å². The van der Waals surface area contributed by atoms with Crippen molar-refractivity contribution in [2.45, 2.75) is 33.6 Å². The third-order valence-electron chi connectivity index (χ3n) is 4.60. The van der Waals surface area contributed by atoms with Gasteiger partial charge in [0, 0.05) is 31.2 Å². The second kappa shape index (κ2) is 7.26. The Labute approximate surface area is 143 Å². The fraction of sp³-hybridized carbons (Fsp3) is 0.526. The van der Waals surface area contributed by atoms with E-state index in [0.29, 0.717) is 11.5 Å². The molecule has 0 N–H and O–H groups in total. The molecule has 5 nitrogen and oxygen atoms in total. The molecule has 0 unspecified atom stereocenters. The molecule has 2 heterocycles. The molecule has 1 fully saturated rings. The zero-order valence-electron chi connectivity index (χ0n) is 14.7. The van der Waals surface area contributed by atoms with E-state index in [9.17, 15) is 4.79 Å². The largest absolute Gasteiger partial charge is 0.381 e. The molecule has 1 aliphatic heterocycles. The van der Waals surface area contributed by atoms with Crippen LogP contribution in [-0.2, 0) is 4.74 Å². The summed E-state index contributed by atoms with van der Waals surface area (Å²) in [4.78, 5) is 23.8. The Bertz CT molecular complexity index is 745. The lowest BCUT2D eigenvalue weighted by Crippen LogP contribution is -2.29. The van der Waals surface area contributed by atoms with Crippen LogP contribution >= 0.6 is 0 Å². The number of fused-ring (bicyclic) bond motifs is 1. The second-order valence-electron chi connectivity index (χ2n) is 6.58. The van der Waals surface area contributed by atoms with Crippen molar-refractivity contribution in [2.75, 3.05) is 26.3 Å². The molecule has 2 aromatic rings. The summed E-state index contributed by atoms with van der Waals surface area (Å²) in [5, 5.41) is 0. The minimum atomic E-state index is 0.0786. The molecule has 0 bridgehead atoms. The fourth-order valence-electron chi connectivity index (χ4n) is 3.09. The first-order valence-electron chi connectivity index (χ1n) is 8.70. The van der Waals surface area contributed by atoms with Crippen LogP contribution in [0.25, 0.3) is 11.0 Å². The van der Waals surface area contributed by atoms with Gasteiger partial charge in [0.05, 0.1) is 29.0 Å². The fourth-order valence-corrected chi connectivity index (χ4v) is 3.09. The second-order valence-corrected chi connectivity index (χ2v) is 6.58. The first-order valence-corrected chi connectivity index (χ1v) is 8.70. The quantitative estimate of drug-likeness (QED) is 0.792. The molecule has 128 valence electrons. The van der Waals surface area contributed by atoms with Gasteiger partial charge in [0.2, 0.25) is 0 Å². The highest BCUT2D eigenvalue weighted by Crippen LogP contribution is 2.21. The van der Waals surface area contributed by atoms with Crippen LogP contribution in [-0.4, -0.2) is 47.1 Å². The first-order chi connectivity index (χ1) is 11.6. The highest BCUT2D eigenvalue weighted by Gasteiger charge is 2.27. The number of ether oxygens (including phenoxy) is 1. The lowest BCUT2D eigenvalue weighted by molar-refractivity contribution is 0.0754. The number of hydrogen-bond acceptors (Lipinski definition) is 4. The Hall–Kier alpha value is -2.01. The zero-order chi connectivity index (χ0) is 17.1. The van der Waals surface area contributed by atoms with Gasteiger partial charge in [0.1, 0.15) is 0 Å². The maximum atomic E-state index is 12.8. The summed E-state index contributed by atoms with van der Waals surface area (Å²) in [6, 6.07) is 5.60. The summed E-state index contributed by atoms with van der Waals surface area (Å²) in [7, 11) is 0. The van der Waals surface area contributed by atoms with E-state index in [1.165, 1.54) is 0 Å². The molecule has 1 saturated heterocycles. The average molecular weight is 327 g/mol. The van der Waals surface area contributed by atoms with Gasteiger partial charge >= 0.3 is 0 Å². The minimum Gasteiger partial charge on any atom is -0.381 e. The van der Waals surface area contributed by atoms with Crippen LogP contribution in [0.5, 0.6) is 0 Å². The number of likely N-dealkylation sites (tertiary alicyclic amines) is 1. The molecule has 0 radical (unpaired) electrons. The zero-order valence-corrected chi connectivity index (χ0v) is 14.7. The third-order valence-corrected chi connectivity index (χ3v) is 4.60. The van der Waals surface area contributed by atoms with Gasteiger partial charge in [-0.05, 0) is 44.9 Å². The lowest BCUT2D eigenvalue weighted by atomic mass is 10.1. The van der Waals surface area contributed by atoms with E-state index >= 15 is 0 Å². The molecular weight excluding hydrogens is 302 g/mol. The molecule has 1 aromatic heterocycles. The molecule has 0 spiro atoms. The van der Waals surface area contributed by atoms with Crippen molar-refractivity contribution in [3.05, 3.63) is 35.2 Å². The van der Waals surface area contributed by atoms with Gasteiger partial charge in [-0.25, -0.2) is 9.97 Å². The van der Waals surface area contributed by atoms with Crippen LogP contribution in [0.3, 0.4) is 0 Å². The van der Waals surface area contributed by atoms with Gasteiger partial charge in [0.15, 0.2) is 0 Å². The van der Waals surface area contributed by atoms with Crippen molar-refractivity contribution < 1.29 is 9.53 Å². The van der Waals surface area contributed by atoms with Crippen molar-refractivity contribution in [3.63, 3.8) is 0 Å². The van der Waals surface area contributed by atoms with Gasteiger partial charge in [-0.2, -0.15) is 0 Å². The maximum absolute atomic E-state index is 12.8. The van der Waals surface area contributed by atoms with Crippen LogP contribution in [0, 0.1) is 19.8 Å². The van der Waals surface area contributed by atoms with Crippen molar-refractivity contribution >= 4 is 16.9 Å². The van der Waals surface area contributed by atoms with E-state index in [-0.39, 0.29) is 5.91 Å². The smallest absolute Gasteiger partial charge is 0.253 e. The predicted octanol–water partition coefficient (Wildman–Crippen LogP) is 3.14. The Balaban J connectivity index is 1.71. The Morgan fingerprint density at radius 3 is 2.75 bits per heavy atom. The molecular formula is C19H25N3O2. The average Bonchev–Trinajstić information content (AvgIpc) is 3.04. The molecule has 24 heavy (non-hydrogen) atoms.